The molecule has 6 heterocycles. The standard InChI is InChI=1S/C44H54FN7O9S.C36H47FN4O9S.C13H17N3O3/c45-33-14-9-12-27-20-28(21-32(27)33)42(57)61-30-22-36-39(54)50-44(43(58)51-62(59,60)31-16-17-31)23-29(44)13-7-2-1-3-8-15-34(41(56)52(36)25-30)48-40(55)37(26-10-5-4-6-11-26)49-38(53)35-24-46-18-19-47-35;1-35(2,3)50-34(46)38-28-13-8-6-4-5-7-11-23-19-36(23,33(45)40-51(47,48)25-14-15-25)39-30(42)29-18-24(20-41(29)31(28)43)49-32(44)22-16-21-10-9-12-27(37)26(21)17-22;17-12(10-8-14-6-7-15-10)16-11(13(18)19)9-4-2-1-3-5-9/h7,9,12-14,18-19,24,26,28-31,34,36-37H,1-6,8,10-11,15-17,20-23,25H2,(H,48,55)(H,49,53)(H,50,54)(H,51,58);7,9-12,22-25,28-29H,4-6,8,13-20H2,1-3H3,(H,38,46)(H,39,42)(H,40,45);6-9,11H,1-5H2,(H,16,17)(H,18,19)/b13-7-;11-7-;/t28?,29?,30-,34+,36?,37+,44-;22?,23?,24-,28+,29?,36-;11-/m110/s1. The number of ether oxygens (including phenoxy) is 3. The van der Waals surface area contributed by atoms with Gasteiger partial charge >= 0.3 is 24.0 Å². The van der Waals surface area contributed by atoms with Crippen LogP contribution in [0.25, 0.3) is 0 Å². The molecule has 2 aromatic carbocycles. The summed E-state index contributed by atoms with van der Waals surface area (Å²) in [6.07, 6.45) is 30.5. The summed E-state index contributed by atoms with van der Waals surface area (Å²) in [5.41, 5.74) is -1.46. The maximum atomic E-state index is 14.9. The number of rotatable bonds is 20. The first-order valence-electron chi connectivity index (χ1n) is 46.4. The van der Waals surface area contributed by atoms with Crippen molar-refractivity contribution in [1.29, 1.82) is 0 Å². The van der Waals surface area contributed by atoms with Gasteiger partial charge in [0.05, 0.1) is 47.8 Å². The Labute approximate surface area is 765 Å². The minimum atomic E-state index is -3.96. The van der Waals surface area contributed by atoms with Gasteiger partial charge in [-0.3, -0.25) is 72.2 Å². The van der Waals surface area contributed by atoms with Gasteiger partial charge in [-0.15, -0.1) is 0 Å². The molecule has 8 aliphatic carbocycles. The quantitative estimate of drug-likeness (QED) is 0.0247. The molecule has 35 nitrogen and oxygen atoms in total. The molecule has 9 N–H and O–H groups in total. The second-order valence-electron chi connectivity index (χ2n) is 38.1. The van der Waals surface area contributed by atoms with Crippen LogP contribution in [0.15, 0.2) is 97.9 Å². The fourth-order valence-electron chi connectivity index (χ4n) is 19.5. The summed E-state index contributed by atoms with van der Waals surface area (Å²) in [5, 5.41) is 24.6. The van der Waals surface area contributed by atoms with E-state index >= 15 is 0 Å². The van der Waals surface area contributed by atoms with E-state index in [0.29, 0.717) is 93.7 Å². The van der Waals surface area contributed by atoms with E-state index in [1.54, 1.807) is 45.0 Å². The third-order valence-corrected chi connectivity index (χ3v) is 30.8. The lowest BCUT2D eigenvalue weighted by Crippen LogP contribution is -2.60. The molecule has 0 radical (unpaired) electrons. The molecule has 6 unspecified atom stereocenters. The Morgan fingerprint density at radius 1 is 0.523 bits per heavy atom. The van der Waals surface area contributed by atoms with Crippen molar-refractivity contribution in [1.82, 2.24) is 71.1 Å². The van der Waals surface area contributed by atoms with Crippen molar-refractivity contribution in [2.45, 2.75) is 302 Å². The zero-order chi connectivity index (χ0) is 94.0. The van der Waals surface area contributed by atoms with Gasteiger partial charge in [-0.1, -0.05) is 113 Å². The molecule has 10 amide bonds. The largest absolute Gasteiger partial charge is 0.480 e. The molecule has 8 fully saturated rings. The monoisotopic (exact) mass is 1870 g/mol. The molecule has 132 heavy (non-hydrogen) atoms. The lowest BCUT2D eigenvalue weighted by atomic mass is 9.83. The highest BCUT2D eigenvalue weighted by Gasteiger charge is 2.64. The van der Waals surface area contributed by atoms with Crippen molar-refractivity contribution in [3.8, 4) is 0 Å². The number of hydrogen-bond acceptors (Lipinski definition) is 24. The van der Waals surface area contributed by atoms with Crippen molar-refractivity contribution in [2.24, 2.45) is 35.5 Å². The Morgan fingerprint density at radius 2 is 0.932 bits per heavy atom. The smallest absolute Gasteiger partial charge is 0.408 e. The van der Waals surface area contributed by atoms with Crippen LogP contribution in [-0.2, 0) is 108 Å². The molecule has 6 saturated carbocycles. The first kappa shape index (κ1) is 96.8. The van der Waals surface area contributed by atoms with Gasteiger partial charge in [0.1, 0.15) is 88.2 Å². The van der Waals surface area contributed by atoms with Crippen LogP contribution >= 0.6 is 0 Å². The van der Waals surface area contributed by atoms with Crippen LogP contribution in [0.4, 0.5) is 13.6 Å². The second-order valence-corrected chi connectivity index (χ2v) is 42.0. The lowest BCUT2D eigenvalue weighted by Gasteiger charge is -2.33. The number of carboxylic acid groups (broad SMARTS) is 1. The molecule has 39 heteroatoms. The summed E-state index contributed by atoms with van der Waals surface area (Å²) in [5.74, 6) is -11.4. The molecule has 712 valence electrons. The van der Waals surface area contributed by atoms with E-state index in [4.69, 9.17) is 14.2 Å². The Balaban J connectivity index is 0.000000179. The van der Waals surface area contributed by atoms with Crippen LogP contribution in [0.2, 0.25) is 0 Å². The van der Waals surface area contributed by atoms with E-state index in [1.165, 1.54) is 59.1 Å². The van der Waals surface area contributed by atoms with Crippen molar-refractivity contribution >= 4 is 97.2 Å². The number of nitrogens with one attached hydrogen (secondary N) is 8. The Morgan fingerprint density at radius 3 is 1.33 bits per heavy atom. The van der Waals surface area contributed by atoms with Crippen LogP contribution in [-0.4, -0.2) is 218 Å². The molecular formula is C93H118F2N14O21S2. The number of esters is 2. The second kappa shape index (κ2) is 41.9. The van der Waals surface area contributed by atoms with Crippen molar-refractivity contribution in [3.63, 3.8) is 0 Å². The number of aromatic nitrogens is 4. The first-order valence-corrected chi connectivity index (χ1v) is 49.5. The SMILES string of the molecule is CC(C)(C)OC(=O)N[C@H]1CCCCC/C=C\C2C[C@@]2(C(=O)NS(=O)(=O)C2CC2)NC(=O)C2C[C@@H](OC(=O)C3Cc4cccc(F)c4C3)CN2C1=O.O=C(N[C@H](C(=O)N[C@H]1CCCCC/C=C\C2C[C@@]2(C(=O)NS(=O)(=O)C2CC2)NC(=O)C2C[C@@H](OC(=O)C3Cc4cccc(F)c4C3)CN2C1=O)C1CCCCC1)c1cnccn1.O=C(N[C@H](C(=O)O)C1CCCCC1)c1cnccn1. The minimum Gasteiger partial charge on any atom is -0.480 e. The van der Waals surface area contributed by atoms with Crippen LogP contribution in [0.3, 0.4) is 0 Å². The number of allylic oxidation sites excluding steroid dienone is 2. The van der Waals surface area contributed by atoms with Gasteiger partial charge in [0, 0.05) is 49.5 Å². The molecular weight excluding hydrogens is 1750 g/mol. The normalized spacial score (nSPS) is 27.9. The summed E-state index contributed by atoms with van der Waals surface area (Å²) in [6, 6.07) is 2.85. The Hall–Kier alpha value is -11.3. The number of amides is 10. The van der Waals surface area contributed by atoms with Gasteiger partial charge in [0.15, 0.2) is 0 Å². The van der Waals surface area contributed by atoms with Crippen molar-refractivity contribution < 1.29 is 107 Å². The molecule has 0 spiro atoms. The fourth-order valence-corrected chi connectivity index (χ4v) is 22.2. The maximum Gasteiger partial charge on any atom is 0.408 e. The number of fused-ring (bicyclic) bond motifs is 6. The summed E-state index contributed by atoms with van der Waals surface area (Å²) < 4.78 is 102. The third kappa shape index (κ3) is 24.0. The van der Waals surface area contributed by atoms with E-state index in [2.05, 4.69) is 61.3 Å². The Bertz CT molecular complexity index is 5300. The number of benzene rings is 2. The molecule has 4 aliphatic heterocycles. The molecule has 16 rings (SSSR count). The zero-order valence-electron chi connectivity index (χ0n) is 74.4. The van der Waals surface area contributed by atoms with Crippen LogP contribution in [0, 0.1) is 47.1 Å². The predicted octanol–water partition coefficient (Wildman–Crippen LogP) is 6.90. The van der Waals surface area contributed by atoms with Gasteiger partial charge in [0.2, 0.25) is 49.6 Å². The number of carbonyl (C=O) groups excluding carboxylic acids is 12. The average Bonchev–Trinajstić information content (AvgIpc) is 1.57. The van der Waals surface area contributed by atoms with Gasteiger partial charge < -0.3 is 61.0 Å². The van der Waals surface area contributed by atoms with Gasteiger partial charge in [-0.2, -0.15) is 0 Å². The third-order valence-electron chi connectivity index (χ3n) is 27.1. The molecule has 0 bridgehead atoms. The summed E-state index contributed by atoms with van der Waals surface area (Å²) in [6.45, 7) is 4.71. The molecule has 2 aromatic heterocycles. The highest BCUT2D eigenvalue weighted by Crippen LogP contribution is 2.48. The number of sulfonamides is 2. The fraction of sp³-hybridized carbons (Fsp3) is 0.602. The predicted molar refractivity (Wildman–Crippen MR) is 470 cm³/mol. The van der Waals surface area contributed by atoms with Crippen LogP contribution in [0.1, 0.15) is 244 Å². The molecule has 4 aromatic rings. The van der Waals surface area contributed by atoms with E-state index in [1.807, 2.05) is 24.3 Å². The number of hydrogen-bond donors (Lipinski definition) is 9. The van der Waals surface area contributed by atoms with Gasteiger partial charge in [0.25, 0.3) is 23.6 Å². The van der Waals surface area contributed by atoms with Crippen LogP contribution in [0.5, 0.6) is 0 Å². The number of nitrogens with zero attached hydrogens (tertiary/aromatic N) is 6. The molecule has 2 saturated heterocycles. The minimum absolute atomic E-state index is 0.00636. The van der Waals surface area contributed by atoms with E-state index in [0.717, 1.165) is 76.2 Å². The number of alkyl carbamates (subject to hydrolysis) is 1. The maximum absolute atomic E-state index is 14.9. The topological polar surface area (TPSA) is 492 Å². The summed E-state index contributed by atoms with van der Waals surface area (Å²) >= 11 is 0. The van der Waals surface area contributed by atoms with Crippen molar-refractivity contribution in [3.05, 3.63) is 143 Å². The number of carboxylic acids is 1. The average molecular weight is 1870 g/mol. The number of halogens is 2. The van der Waals surface area contributed by atoms with E-state index in [-0.39, 0.29) is 94.1 Å². The van der Waals surface area contributed by atoms with Crippen molar-refractivity contribution in [2.75, 3.05) is 13.1 Å². The number of carbonyl (C=O) groups is 13. The summed E-state index contributed by atoms with van der Waals surface area (Å²) in [7, 11) is -7.88. The highest BCUT2D eigenvalue weighted by molar-refractivity contribution is 7.91. The van der Waals surface area contributed by atoms with E-state index < -0.39 is 208 Å². The van der Waals surface area contributed by atoms with E-state index in [9.17, 15) is 93.1 Å². The first-order chi connectivity index (χ1) is 63.1. The number of aliphatic carboxylic acids is 1. The molecule has 12 aliphatic rings. The highest BCUT2D eigenvalue weighted by atomic mass is 32.2. The zero-order valence-corrected chi connectivity index (χ0v) is 76.0. The van der Waals surface area contributed by atoms with Crippen LogP contribution < -0.4 is 41.3 Å². The lowest BCUT2D eigenvalue weighted by molar-refractivity contribution is -0.154. The Kier molecular flexibility index (Phi) is 30.7. The molecule has 14 atom stereocenters. The van der Waals surface area contributed by atoms with Gasteiger partial charge in [-0.05, 0) is 195 Å². The van der Waals surface area contributed by atoms with Gasteiger partial charge in [-0.25, -0.2) is 45.2 Å². The summed E-state index contributed by atoms with van der Waals surface area (Å²) in [4.78, 5) is 194.